The van der Waals surface area contributed by atoms with Crippen LogP contribution in [0.15, 0.2) is 35.2 Å². The number of nitrogens with one attached hydrogen (secondary N) is 1. The molecule has 0 atom stereocenters. The Hall–Kier alpha value is -0.980. The van der Waals surface area contributed by atoms with Gasteiger partial charge in [-0.15, -0.1) is 0 Å². The molecule has 0 aromatic rings. The van der Waals surface area contributed by atoms with Gasteiger partial charge in [-0.05, 0) is 36.5 Å². The van der Waals surface area contributed by atoms with E-state index in [0.717, 1.165) is 12.1 Å². The van der Waals surface area contributed by atoms with Gasteiger partial charge in [0.15, 0.2) is 0 Å². The van der Waals surface area contributed by atoms with Crippen molar-refractivity contribution in [2.75, 3.05) is 0 Å². The highest BCUT2D eigenvalue weighted by molar-refractivity contribution is 5.45. The SMILES string of the molecule is C=C1NC(C)=CC(CC)=C1C(C)C. The molecule has 0 unspecified atom stereocenters. The Morgan fingerprint density at radius 1 is 1.46 bits per heavy atom. The maximum absolute atomic E-state index is 4.06. The minimum atomic E-state index is 0.555. The predicted octanol–water partition coefficient (Wildman–Crippen LogP) is 3.37. The lowest BCUT2D eigenvalue weighted by atomic mass is 9.90. The van der Waals surface area contributed by atoms with E-state index in [1.54, 1.807) is 0 Å². The third-order valence-electron chi connectivity index (χ3n) is 2.37. The van der Waals surface area contributed by atoms with Crippen LogP contribution in [0.4, 0.5) is 0 Å². The third kappa shape index (κ3) is 2.03. The van der Waals surface area contributed by atoms with Crippen molar-refractivity contribution in [3.05, 3.63) is 35.2 Å². The molecule has 0 aromatic heterocycles. The molecule has 1 aliphatic heterocycles. The molecule has 0 spiro atoms. The molecule has 0 fully saturated rings. The average Bonchev–Trinajstić information content (AvgIpc) is 2.01. The summed E-state index contributed by atoms with van der Waals surface area (Å²) in [5.41, 5.74) is 5.09. The van der Waals surface area contributed by atoms with E-state index in [2.05, 4.69) is 45.7 Å². The van der Waals surface area contributed by atoms with E-state index in [0.29, 0.717) is 5.92 Å². The van der Waals surface area contributed by atoms with Crippen molar-refractivity contribution in [3.63, 3.8) is 0 Å². The molecule has 1 heterocycles. The summed E-state index contributed by atoms with van der Waals surface area (Å²) in [6.45, 7) is 12.8. The van der Waals surface area contributed by atoms with Crippen LogP contribution in [-0.2, 0) is 0 Å². The molecule has 72 valence electrons. The van der Waals surface area contributed by atoms with E-state index in [1.165, 1.54) is 16.8 Å². The fourth-order valence-corrected chi connectivity index (χ4v) is 1.89. The fourth-order valence-electron chi connectivity index (χ4n) is 1.89. The van der Waals surface area contributed by atoms with Crippen molar-refractivity contribution in [2.45, 2.75) is 34.1 Å². The molecule has 13 heavy (non-hydrogen) atoms. The van der Waals surface area contributed by atoms with Gasteiger partial charge in [0.05, 0.1) is 0 Å². The number of allylic oxidation sites excluding steroid dienone is 4. The zero-order chi connectivity index (χ0) is 10.0. The van der Waals surface area contributed by atoms with Gasteiger partial charge in [-0.2, -0.15) is 0 Å². The van der Waals surface area contributed by atoms with Gasteiger partial charge in [-0.1, -0.05) is 27.4 Å². The predicted molar refractivity (Wildman–Crippen MR) is 58.2 cm³/mol. The van der Waals surface area contributed by atoms with Gasteiger partial charge < -0.3 is 5.32 Å². The number of hydrogen-bond acceptors (Lipinski definition) is 1. The second kappa shape index (κ2) is 3.82. The standard InChI is InChI=1S/C12H19N/c1-6-11-7-9(4)13-10(5)12(11)8(2)3/h7-8,13H,5-6H2,1-4H3. The molecule has 0 amide bonds. The maximum atomic E-state index is 4.06. The Labute approximate surface area is 81.2 Å². The zero-order valence-electron chi connectivity index (χ0n) is 9.07. The first-order valence-electron chi connectivity index (χ1n) is 4.93. The van der Waals surface area contributed by atoms with Gasteiger partial charge in [0.2, 0.25) is 0 Å². The highest BCUT2D eigenvalue weighted by atomic mass is 14.9. The zero-order valence-corrected chi connectivity index (χ0v) is 9.07. The van der Waals surface area contributed by atoms with Gasteiger partial charge in [0.25, 0.3) is 0 Å². The van der Waals surface area contributed by atoms with Gasteiger partial charge in [-0.25, -0.2) is 0 Å². The van der Waals surface area contributed by atoms with Gasteiger partial charge in [-0.3, -0.25) is 0 Å². The van der Waals surface area contributed by atoms with Gasteiger partial charge in [0.1, 0.15) is 0 Å². The second-order valence-electron chi connectivity index (χ2n) is 3.88. The molecule has 1 N–H and O–H groups in total. The lowest BCUT2D eigenvalue weighted by Gasteiger charge is -2.24. The molecule has 1 rings (SSSR count). The largest absolute Gasteiger partial charge is 0.359 e. The van der Waals surface area contributed by atoms with Crippen LogP contribution in [0.5, 0.6) is 0 Å². The van der Waals surface area contributed by atoms with Crippen molar-refractivity contribution in [1.82, 2.24) is 5.32 Å². The molecular weight excluding hydrogens is 158 g/mol. The first kappa shape index (κ1) is 10.1. The van der Waals surface area contributed by atoms with Crippen molar-refractivity contribution >= 4 is 0 Å². The van der Waals surface area contributed by atoms with Crippen LogP contribution in [0, 0.1) is 5.92 Å². The van der Waals surface area contributed by atoms with Crippen LogP contribution < -0.4 is 5.32 Å². The van der Waals surface area contributed by atoms with E-state index < -0.39 is 0 Å². The minimum absolute atomic E-state index is 0.555. The highest BCUT2D eigenvalue weighted by Gasteiger charge is 2.15. The summed E-state index contributed by atoms with van der Waals surface area (Å²) in [6.07, 6.45) is 3.32. The Kier molecular flexibility index (Phi) is 2.97. The van der Waals surface area contributed by atoms with Crippen LogP contribution >= 0.6 is 0 Å². The molecule has 1 heteroatoms. The molecule has 1 aliphatic rings. The van der Waals surface area contributed by atoms with E-state index in [9.17, 15) is 0 Å². The molecule has 1 nitrogen and oxygen atoms in total. The lowest BCUT2D eigenvalue weighted by Crippen LogP contribution is -2.19. The van der Waals surface area contributed by atoms with Crippen LogP contribution in [0.25, 0.3) is 0 Å². The van der Waals surface area contributed by atoms with Gasteiger partial charge in [0, 0.05) is 11.4 Å². The second-order valence-corrected chi connectivity index (χ2v) is 3.88. The van der Waals surface area contributed by atoms with Crippen LogP contribution in [0.2, 0.25) is 0 Å². The topological polar surface area (TPSA) is 12.0 Å². The molecule has 0 aromatic carbocycles. The summed E-state index contributed by atoms with van der Waals surface area (Å²) >= 11 is 0. The number of dihydropyridines is 1. The van der Waals surface area contributed by atoms with Crippen LogP contribution in [0.3, 0.4) is 0 Å². The summed E-state index contributed by atoms with van der Waals surface area (Å²) in [5, 5.41) is 3.28. The first-order valence-corrected chi connectivity index (χ1v) is 4.93. The fraction of sp³-hybridized carbons (Fsp3) is 0.500. The van der Waals surface area contributed by atoms with Crippen molar-refractivity contribution in [1.29, 1.82) is 0 Å². The maximum Gasteiger partial charge on any atom is 0.0346 e. The normalized spacial score (nSPS) is 17.6. The Balaban J connectivity index is 3.12. The van der Waals surface area contributed by atoms with E-state index in [-0.39, 0.29) is 0 Å². The van der Waals surface area contributed by atoms with Crippen molar-refractivity contribution in [3.8, 4) is 0 Å². The summed E-state index contributed by atoms with van der Waals surface area (Å²) in [6, 6.07) is 0. The van der Waals surface area contributed by atoms with Crippen LogP contribution in [-0.4, -0.2) is 0 Å². The van der Waals surface area contributed by atoms with E-state index >= 15 is 0 Å². The quantitative estimate of drug-likeness (QED) is 0.682. The molecule has 0 aliphatic carbocycles. The lowest BCUT2D eigenvalue weighted by molar-refractivity contribution is 0.730. The number of hydrogen-bond donors (Lipinski definition) is 1. The summed E-state index contributed by atoms with van der Waals surface area (Å²) < 4.78 is 0. The number of rotatable bonds is 2. The summed E-state index contributed by atoms with van der Waals surface area (Å²) in [5.74, 6) is 0.555. The van der Waals surface area contributed by atoms with Crippen LogP contribution in [0.1, 0.15) is 34.1 Å². The summed E-state index contributed by atoms with van der Waals surface area (Å²) in [4.78, 5) is 0. The molecule has 0 bridgehead atoms. The molecule has 0 saturated carbocycles. The minimum Gasteiger partial charge on any atom is -0.359 e. The van der Waals surface area contributed by atoms with E-state index in [4.69, 9.17) is 0 Å². The Bertz CT molecular complexity index is 279. The smallest absolute Gasteiger partial charge is 0.0346 e. The molecule has 0 radical (unpaired) electrons. The first-order chi connectivity index (χ1) is 6.06. The molecular formula is C12H19N. The van der Waals surface area contributed by atoms with Gasteiger partial charge >= 0.3 is 0 Å². The third-order valence-corrected chi connectivity index (χ3v) is 2.37. The van der Waals surface area contributed by atoms with Crippen molar-refractivity contribution < 1.29 is 0 Å². The molecule has 0 saturated heterocycles. The van der Waals surface area contributed by atoms with E-state index in [1.807, 2.05) is 0 Å². The summed E-state index contributed by atoms with van der Waals surface area (Å²) in [7, 11) is 0. The average molecular weight is 177 g/mol. The highest BCUT2D eigenvalue weighted by Crippen LogP contribution is 2.28. The monoisotopic (exact) mass is 177 g/mol. The Morgan fingerprint density at radius 2 is 2.08 bits per heavy atom. The Morgan fingerprint density at radius 3 is 2.54 bits per heavy atom. The van der Waals surface area contributed by atoms with Crippen molar-refractivity contribution in [2.24, 2.45) is 5.92 Å².